The van der Waals surface area contributed by atoms with Gasteiger partial charge in [-0.3, -0.25) is 0 Å². The standard InChI is InChI=1S/C12H16FNO4S/c1-4-7(2)18-12(15)10-5-9(13)6-11(8(10)3)19(14,16)17/h5-7H,4H2,1-3H3,(H2,14,16,17). The third-order valence-electron chi connectivity index (χ3n) is 2.73. The van der Waals surface area contributed by atoms with Crippen LogP contribution in [0.1, 0.15) is 36.2 Å². The number of sulfonamides is 1. The number of carbonyl (C=O) groups excluding carboxylic acids is 1. The lowest BCUT2D eigenvalue weighted by Gasteiger charge is -2.13. The molecule has 5 nitrogen and oxygen atoms in total. The van der Waals surface area contributed by atoms with Gasteiger partial charge < -0.3 is 4.74 Å². The van der Waals surface area contributed by atoms with Gasteiger partial charge in [0, 0.05) is 0 Å². The second kappa shape index (κ2) is 5.66. The van der Waals surface area contributed by atoms with Gasteiger partial charge in [0.2, 0.25) is 10.0 Å². The van der Waals surface area contributed by atoms with Crippen molar-refractivity contribution in [3.63, 3.8) is 0 Å². The number of rotatable bonds is 4. The fourth-order valence-corrected chi connectivity index (χ4v) is 2.30. The molecule has 0 radical (unpaired) electrons. The summed E-state index contributed by atoms with van der Waals surface area (Å²) in [4.78, 5) is 11.4. The maximum Gasteiger partial charge on any atom is 0.338 e. The van der Waals surface area contributed by atoms with E-state index in [4.69, 9.17) is 9.88 Å². The average molecular weight is 289 g/mol. The van der Waals surface area contributed by atoms with Gasteiger partial charge in [-0.05, 0) is 38.0 Å². The summed E-state index contributed by atoms with van der Waals surface area (Å²) in [6, 6.07) is 1.72. The van der Waals surface area contributed by atoms with E-state index in [1.54, 1.807) is 6.92 Å². The molecule has 0 saturated heterocycles. The number of esters is 1. The zero-order valence-electron chi connectivity index (χ0n) is 10.9. The zero-order valence-corrected chi connectivity index (χ0v) is 11.8. The molecule has 19 heavy (non-hydrogen) atoms. The van der Waals surface area contributed by atoms with Gasteiger partial charge in [0.15, 0.2) is 0 Å². The minimum atomic E-state index is -4.09. The molecule has 1 atom stereocenters. The summed E-state index contributed by atoms with van der Waals surface area (Å²) in [5.41, 5.74) is -0.0541. The van der Waals surface area contributed by atoms with Crippen molar-refractivity contribution in [2.24, 2.45) is 5.14 Å². The van der Waals surface area contributed by atoms with E-state index in [1.807, 2.05) is 6.92 Å². The third kappa shape index (κ3) is 3.74. The maximum atomic E-state index is 13.4. The van der Waals surface area contributed by atoms with Gasteiger partial charge >= 0.3 is 5.97 Å². The second-order valence-electron chi connectivity index (χ2n) is 4.25. The van der Waals surface area contributed by atoms with Gasteiger partial charge in [-0.15, -0.1) is 0 Å². The Balaban J connectivity index is 3.30. The van der Waals surface area contributed by atoms with Gasteiger partial charge in [0.05, 0.1) is 16.6 Å². The molecule has 0 fully saturated rings. The monoisotopic (exact) mass is 289 g/mol. The highest BCUT2D eigenvalue weighted by Gasteiger charge is 2.21. The molecule has 106 valence electrons. The highest BCUT2D eigenvalue weighted by atomic mass is 32.2. The molecule has 0 amide bonds. The molecular weight excluding hydrogens is 273 g/mol. The van der Waals surface area contributed by atoms with E-state index in [-0.39, 0.29) is 17.2 Å². The minimum Gasteiger partial charge on any atom is -0.459 e. The molecule has 1 unspecified atom stereocenters. The molecule has 0 bridgehead atoms. The quantitative estimate of drug-likeness (QED) is 0.855. The number of primary sulfonamides is 1. The highest BCUT2D eigenvalue weighted by Crippen LogP contribution is 2.21. The Labute approximate surface area is 111 Å². The summed E-state index contributed by atoms with van der Waals surface area (Å²) >= 11 is 0. The molecule has 2 N–H and O–H groups in total. The first-order valence-electron chi connectivity index (χ1n) is 5.70. The van der Waals surface area contributed by atoms with Crippen LogP contribution in [-0.4, -0.2) is 20.5 Å². The lowest BCUT2D eigenvalue weighted by molar-refractivity contribution is 0.0332. The van der Waals surface area contributed by atoms with Crippen LogP contribution < -0.4 is 5.14 Å². The first-order chi connectivity index (χ1) is 8.66. The summed E-state index contributed by atoms with van der Waals surface area (Å²) in [5.74, 6) is -1.62. The number of halogens is 1. The Bertz CT molecular complexity index is 598. The van der Waals surface area contributed by atoms with Crippen LogP contribution in [0.5, 0.6) is 0 Å². The van der Waals surface area contributed by atoms with Crippen LogP contribution in [0.3, 0.4) is 0 Å². The Morgan fingerprint density at radius 3 is 2.53 bits per heavy atom. The van der Waals surface area contributed by atoms with Crippen molar-refractivity contribution in [2.75, 3.05) is 0 Å². The summed E-state index contributed by atoms with van der Waals surface area (Å²) in [5, 5.41) is 4.98. The van der Waals surface area contributed by atoms with Gasteiger partial charge in [0.25, 0.3) is 0 Å². The molecule has 0 aromatic heterocycles. The number of carbonyl (C=O) groups is 1. The molecule has 7 heteroatoms. The molecule has 0 aliphatic rings. The SMILES string of the molecule is CCC(C)OC(=O)c1cc(F)cc(S(N)(=O)=O)c1C. The normalized spacial score (nSPS) is 13.1. The van der Waals surface area contributed by atoms with Gasteiger partial charge in [-0.1, -0.05) is 6.92 Å². The van der Waals surface area contributed by atoms with Crippen LogP contribution in [0.15, 0.2) is 17.0 Å². The van der Waals surface area contributed by atoms with Crippen LogP contribution in [0.2, 0.25) is 0 Å². The molecule has 1 rings (SSSR count). The van der Waals surface area contributed by atoms with Gasteiger partial charge in [0.1, 0.15) is 5.82 Å². The number of hydrogen-bond acceptors (Lipinski definition) is 4. The lowest BCUT2D eigenvalue weighted by atomic mass is 10.1. The van der Waals surface area contributed by atoms with Crippen LogP contribution in [0, 0.1) is 12.7 Å². The van der Waals surface area contributed by atoms with Crippen LogP contribution in [0.25, 0.3) is 0 Å². The van der Waals surface area contributed by atoms with Crippen molar-refractivity contribution in [2.45, 2.75) is 38.2 Å². The summed E-state index contributed by atoms with van der Waals surface area (Å²) < 4.78 is 41.1. The third-order valence-corrected chi connectivity index (χ3v) is 3.77. The van der Waals surface area contributed by atoms with Crippen LogP contribution in [-0.2, 0) is 14.8 Å². The molecule has 1 aromatic carbocycles. The van der Waals surface area contributed by atoms with Crippen LogP contribution >= 0.6 is 0 Å². The highest BCUT2D eigenvalue weighted by molar-refractivity contribution is 7.89. The maximum absolute atomic E-state index is 13.4. The molecule has 0 aliphatic heterocycles. The first-order valence-corrected chi connectivity index (χ1v) is 7.25. The molecular formula is C12H16FNO4S. The lowest BCUT2D eigenvalue weighted by Crippen LogP contribution is -2.19. The summed E-state index contributed by atoms with van der Waals surface area (Å²) in [6.07, 6.45) is 0.260. The molecule has 1 aromatic rings. The molecule has 0 spiro atoms. The predicted molar refractivity (Wildman–Crippen MR) is 67.7 cm³/mol. The minimum absolute atomic E-state index is 0.0807. The largest absolute Gasteiger partial charge is 0.459 e. The number of nitrogens with two attached hydrogens (primary N) is 1. The smallest absolute Gasteiger partial charge is 0.338 e. The summed E-state index contributed by atoms with van der Waals surface area (Å²) in [7, 11) is -4.09. The Kier molecular flexibility index (Phi) is 4.65. The predicted octanol–water partition coefficient (Wildman–Crippen LogP) is 1.74. The van der Waals surface area contributed by atoms with E-state index < -0.39 is 26.7 Å². The van der Waals surface area contributed by atoms with Crippen LogP contribution in [0.4, 0.5) is 4.39 Å². The van der Waals surface area contributed by atoms with Gasteiger partial charge in [-0.25, -0.2) is 22.7 Å². The van der Waals surface area contributed by atoms with E-state index in [1.165, 1.54) is 6.92 Å². The van der Waals surface area contributed by atoms with Crippen molar-refractivity contribution < 1.29 is 22.3 Å². The molecule has 0 saturated carbocycles. The molecule has 0 aliphatic carbocycles. The van der Waals surface area contributed by atoms with Crippen molar-refractivity contribution in [1.82, 2.24) is 0 Å². The van der Waals surface area contributed by atoms with E-state index in [2.05, 4.69) is 0 Å². The topological polar surface area (TPSA) is 86.5 Å². The number of hydrogen-bond donors (Lipinski definition) is 1. The van der Waals surface area contributed by atoms with Gasteiger partial charge in [-0.2, -0.15) is 0 Å². The second-order valence-corrected chi connectivity index (χ2v) is 5.78. The van der Waals surface area contributed by atoms with E-state index in [0.717, 1.165) is 12.1 Å². The Morgan fingerprint density at radius 1 is 1.47 bits per heavy atom. The van der Waals surface area contributed by atoms with E-state index in [9.17, 15) is 17.6 Å². The van der Waals surface area contributed by atoms with E-state index in [0.29, 0.717) is 6.42 Å². The van der Waals surface area contributed by atoms with Crippen molar-refractivity contribution in [3.8, 4) is 0 Å². The number of ether oxygens (including phenoxy) is 1. The van der Waals surface area contributed by atoms with Crippen molar-refractivity contribution >= 4 is 16.0 Å². The number of benzene rings is 1. The summed E-state index contributed by atoms with van der Waals surface area (Å²) in [6.45, 7) is 4.89. The fourth-order valence-electron chi connectivity index (χ4n) is 1.49. The zero-order chi connectivity index (χ0) is 14.8. The first kappa shape index (κ1) is 15.6. The van der Waals surface area contributed by atoms with Crippen molar-refractivity contribution in [3.05, 3.63) is 29.1 Å². The van der Waals surface area contributed by atoms with E-state index >= 15 is 0 Å². The Morgan fingerprint density at radius 2 is 2.05 bits per heavy atom. The molecule has 0 heterocycles. The fraction of sp³-hybridized carbons (Fsp3) is 0.417. The average Bonchev–Trinajstić information content (AvgIpc) is 2.29. The van der Waals surface area contributed by atoms with Crippen molar-refractivity contribution in [1.29, 1.82) is 0 Å². The Hall–Kier alpha value is -1.47.